The molecule has 0 aliphatic carbocycles. The van der Waals surface area contributed by atoms with Gasteiger partial charge in [-0.25, -0.2) is 13.1 Å². The van der Waals surface area contributed by atoms with Crippen LogP contribution in [0, 0.1) is 0 Å². The number of likely N-dealkylation sites (tertiary alicyclic amines) is 1. The van der Waals surface area contributed by atoms with Crippen molar-refractivity contribution < 1.29 is 13.2 Å². The van der Waals surface area contributed by atoms with Crippen molar-refractivity contribution >= 4 is 15.9 Å². The molecular weight excluding hydrogens is 278 g/mol. The average molecular weight is 303 g/mol. The molecule has 0 aromatic heterocycles. The molecule has 2 rings (SSSR count). The SMILES string of the molecule is CS(=O)(=O)NC1CCCN(C(=O)C2CCCCCN2)C1. The van der Waals surface area contributed by atoms with Gasteiger partial charge in [0, 0.05) is 19.1 Å². The standard InChI is InChI=1S/C13H25N3O3S/c1-20(18,19)15-11-6-5-9-16(10-11)13(17)12-7-3-2-4-8-14-12/h11-12,14-15H,2-10H2,1H3. The van der Waals surface area contributed by atoms with Gasteiger partial charge in [0.25, 0.3) is 0 Å². The summed E-state index contributed by atoms with van der Waals surface area (Å²) in [5, 5.41) is 3.31. The van der Waals surface area contributed by atoms with Gasteiger partial charge in [-0.1, -0.05) is 12.8 Å². The number of hydrogen-bond donors (Lipinski definition) is 2. The van der Waals surface area contributed by atoms with Gasteiger partial charge < -0.3 is 10.2 Å². The molecule has 2 aliphatic heterocycles. The van der Waals surface area contributed by atoms with Crippen molar-refractivity contribution in [1.29, 1.82) is 0 Å². The van der Waals surface area contributed by atoms with Crippen molar-refractivity contribution in [2.45, 2.75) is 50.6 Å². The predicted molar refractivity (Wildman–Crippen MR) is 77.8 cm³/mol. The molecule has 2 atom stereocenters. The van der Waals surface area contributed by atoms with Gasteiger partial charge in [0.15, 0.2) is 0 Å². The minimum atomic E-state index is -3.21. The van der Waals surface area contributed by atoms with Crippen molar-refractivity contribution in [3.05, 3.63) is 0 Å². The first kappa shape index (κ1) is 15.7. The van der Waals surface area contributed by atoms with E-state index in [4.69, 9.17) is 0 Å². The molecule has 0 saturated carbocycles. The van der Waals surface area contributed by atoms with Crippen LogP contribution in [0.4, 0.5) is 0 Å². The van der Waals surface area contributed by atoms with E-state index in [-0.39, 0.29) is 18.0 Å². The number of carbonyl (C=O) groups is 1. The molecule has 2 aliphatic rings. The zero-order valence-corrected chi connectivity index (χ0v) is 12.9. The van der Waals surface area contributed by atoms with Gasteiger partial charge >= 0.3 is 0 Å². The summed E-state index contributed by atoms with van der Waals surface area (Å²) < 4.78 is 25.2. The van der Waals surface area contributed by atoms with Crippen LogP contribution in [0.25, 0.3) is 0 Å². The normalized spacial score (nSPS) is 28.9. The summed E-state index contributed by atoms with van der Waals surface area (Å²) in [7, 11) is -3.21. The largest absolute Gasteiger partial charge is 0.340 e. The summed E-state index contributed by atoms with van der Waals surface area (Å²) in [6.45, 7) is 2.12. The molecule has 2 unspecified atom stereocenters. The van der Waals surface area contributed by atoms with E-state index in [1.165, 1.54) is 12.7 Å². The van der Waals surface area contributed by atoms with Gasteiger partial charge in [-0.05, 0) is 32.2 Å². The maximum absolute atomic E-state index is 12.5. The molecule has 0 radical (unpaired) electrons. The lowest BCUT2D eigenvalue weighted by Gasteiger charge is -2.35. The highest BCUT2D eigenvalue weighted by atomic mass is 32.2. The topological polar surface area (TPSA) is 78.5 Å². The van der Waals surface area contributed by atoms with Gasteiger partial charge in [0.1, 0.15) is 0 Å². The average Bonchev–Trinajstić information content (AvgIpc) is 2.65. The number of hydrogen-bond acceptors (Lipinski definition) is 4. The minimum absolute atomic E-state index is 0.0884. The van der Waals surface area contributed by atoms with Crippen LogP contribution in [0.1, 0.15) is 38.5 Å². The fourth-order valence-corrected chi connectivity index (χ4v) is 3.83. The van der Waals surface area contributed by atoms with Crippen LogP contribution in [0.5, 0.6) is 0 Å². The van der Waals surface area contributed by atoms with E-state index in [0.717, 1.165) is 45.2 Å². The molecule has 0 bridgehead atoms. The summed E-state index contributed by atoms with van der Waals surface area (Å²) in [6, 6.07) is -0.233. The Hall–Kier alpha value is -0.660. The Morgan fingerprint density at radius 3 is 2.75 bits per heavy atom. The number of carbonyl (C=O) groups excluding carboxylic acids is 1. The van der Waals surface area contributed by atoms with Gasteiger partial charge in [-0.15, -0.1) is 0 Å². The predicted octanol–water partition coefficient (Wildman–Crippen LogP) is 0.0588. The highest BCUT2D eigenvalue weighted by Gasteiger charge is 2.30. The number of amides is 1. The van der Waals surface area contributed by atoms with Crippen LogP contribution in [-0.2, 0) is 14.8 Å². The fourth-order valence-electron chi connectivity index (χ4n) is 3.04. The summed E-state index contributed by atoms with van der Waals surface area (Å²) in [6.07, 6.45) is 7.10. The molecule has 2 saturated heterocycles. The van der Waals surface area contributed by atoms with E-state index < -0.39 is 10.0 Å². The summed E-state index contributed by atoms with van der Waals surface area (Å²) in [5.74, 6) is 0.131. The van der Waals surface area contributed by atoms with Crippen LogP contribution in [0.15, 0.2) is 0 Å². The highest BCUT2D eigenvalue weighted by molar-refractivity contribution is 7.88. The summed E-state index contributed by atoms with van der Waals surface area (Å²) >= 11 is 0. The Morgan fingerprint density at radius 1 is 1.20 bits per heavy atom. The molecule has 0 aromatic carbocycles. The number of piperidine rings is 1. The Kier molecular flexibility index (Phi) is 5.40. The second-order valence-corrected chi connectivity index (χ2v) is 7.65. The lowest BCUT2D eigenvalue weighted by molar-refractivity contribution is -0.134. The Labute approximate surface area is 121 Å². The van der Waals surface area contributed by atoms with Crippen LogP contribution >= 0.6 is 0 Å². The minimum Gasteiger partial charge on any atom is -0.340 e. The first-order chi connectivity index (χ1) is 9.46. The fraction of sp³-hybridized carbons (Fsp3) is 0.923. The first-order valence-corrected chi connectivity index (χ1v) is 9.34. The zero-order valence-electron chi connectivity index (χ0n) is 12.1. The zero-order chi connectivity index (χ0) is 14.6. The second kappa shape index (κ2) is 6.87. The highest BCUT2D eigenvalue weighted by Crippen LogP contribution is 2.15. The quantitative estimate of drug-likeness (QED) is 0.773. The molecule has 7 heteroatoms. The van der Waals surface area contributed by atoms with Gasteiger partial charge in [0.2, 0.25) is 15.9 Å². The second-order valence-electron chi connectivity index (χ2n) is 5.87. The maximum atomic E-state index is 12.5. The van der Waals surface area contributed by atoms with E-state index in [2.05, 4.69) is 10.0 Å². The van der Waals surface area contributed by atoms with Gasteiger partial charge in [-0.2, -0.15) is 0 Å². The summed E-state index contributed by atoms with van der Waals surface area (Å²) in [4.78, 5) is 14.3. The molecule has 6 nitrogen and oxygen atoms in total. The number of rotatable bonds is 3. The van der Waals surface area contributed by atoms with Crippen molar-refractivity contribution in [3.8, 4) is 0 Å². The monoisotopic (exact) mass is 303 g/mol. The molecule has 2 fully saturated rings. The van der Waals surface area contributed by atoms with Crippen LogP contribution in [-0.4, -0.2) is 57.2 Å². The molecule has 2 N–H and O–H groups in total. The van der Waals surface area contributed by atoms with Gasteiger partial charge in [-0.3, -0.25) is 4.79 Å². The third-order valence-corrected chi connectivity index (χ3v) is 4.73. The van der Waals surface area contributed by atoms with E-state index >= 15 is 0 Å². The molecule has 0 aromatic rings. The Bertz CT molecular complexity index is 430. The molecule has 20 heavy (non-hydrogen) atoms. The number of nitrogens with zero attached hydrogens (tertiary/aromatic N) is 1. The van der Waals surface area contributed by atoms with Crippen molar-refractivity contribution in [2.24, 2.45) is 0 Å². The molecule has 0 spiro atoms. The van der Waals surface area contributed by atoms with Crippen LogP contribution in [0.3, 0.4) is 0 Å². The third-order valence-electron chi connectivity index (χ3n) is 3.97. The third kappa shape index (κ3) is 4.71. The molecule has 1 amide bonds. The van der Waals surface area contributed by atoms with Gasteiger partial charge in [0.05, 0.1) is 12.3 Å². The van der Waals surface area contributed by atoms with Crippen molar-refractivity contribution in [2.75, 3.05) is 25.9 Å². The molecular formula is C13H25N3O3S. The molecule has 2 heterocycles. The van der Waals surface area contributed by atoms with Crippen LogP contribution < -0.4 is 10.0 Å². The lowest BCUT2D eigenvalue weighted by Crippen LogP contribution is -2.54. The molecule has 116 valence electrons. The van der Waals surface area contributed by atoms with Crippen LogP contribution in [0.2, 0.25) is 0 Å². The maximum Gasteiger partial charge on any atom is 0.239 e. The smallest absolute Gasteiger partial charge is 0.239 e. The Balaban J connectivity index is 1.92. The van der Waals surface area contributed by atoms with Crippen molar-refractivity contribution in [3.63, 3.8) is 0 Å². The van der Waals surface area contributed by atoms with E-state index in [9.17, 15) is 13.2 Å². The van der Waals surface area contributed by atoms with Crippen molar-refractivity contribution in [1.82, 2.24) is 14.9 Å². The van der Waals surface area contributed by atoms with E-state index in [0.29, 0.717) is 6.54 Å². The number of sulfonamides is 1. The van der Waals surface area contributed by atoms with E-state index in [1.807, 2.05) is 4.90 Å². The lowest BCUT2D eigenvalue weighted by atomic mass is 10.0. The first-order valence-electron chi connectivity index (χ1n) is 7.45. The summed E-state index contributed by atoms with van der Waals surface area (Å²) in [5.41, 5.74) is 0. The Morgan fingerprint density at radius 2 is 2.00 bits per heavy atom. The van der Waals surface area contributed by atoms with E-state index in [1.54, 1.807) is 0 Å². The number of nitrogens with one attached hydrogen (secondary N) is 2.